The van der Waals surface area contributed by atoms with Gasteiger partial charge in [0.25, 0.3) is 0 Å². The van der Waals surface area contributed by atoms with Gasteiger partial charge in [0, 0.05) is 25.0 Å². The summed E-state index contributed by atoms with van der Waals surface area (Å²) < 4.78 is 4.80. The van der Waals surface area contributed by atoms with Crippen molar-refractivity contribution in [2.45, 2.75) is 26.9 Å². The molecule has 2 aromatic rings. The Morgan fingerprint density at radius 2 is 2.29 bits per heavy atom. The number of aryl methyl sites for hydroxylation is 1. The second-order valence-electron chi connectivity index (χ2n) is 4.37. The molecule has 0 aliphatic carbocycles. The van der Waals surface area contributed by atoms with Crippen molar-refractivity contribution in [3.05, 3.63) is 34.1 Å². The summed E-state index contributed by atoms with van der Waals surface area (Å²) in [6.45, 7) is 6.11. The van der Waals surface area contributed by atoms with Crippen LogP contribution >= 0.6 is 35.3 Å². The fraction of sp³-hybridized carbons (Fsp3) is 0.462. The molecule has 0 atom stereocenters. The molecule has 0 aromatic carbocycles. The monoisotopic (exact) mass is 421 g/mol. The molecule has 0 aliphatic heterocycles. The van der Waals surface area contributed by atoms with Crippen LogP contribution in [0.15, 0.2) is 27.2 Å². The first-order valence-electron chi connectivity index (χ1n) is 6.48. The Morgan fingerprint density at radius 3 is 2.86 bits per heavy atom. The summed E-state index contributed by atoms with van der Waals surface area (Å²) in [5, 5.41) is 10.3. The highest BCUT2D eigenvalue weighted by Gasteiger charge is 2.08. The topological polar surface area (TPSA) is 66.6 Å². The number of thiazole rings is 1. The third-order valence-corrected chi connectivity index (χ3v) is 3.47. The lowest BCUT2D eigenvalue weighted by Gasteiger charge is -2.20. The van der Waals surface area contributed by atoms with E-state index in [-0.39, 0.29) is 24.0 Å². The van der Waals surface area contributed by atoms with E-state index in [0.717, 1.165) is 35.4 Å². The first-order chi connectivity index (χ1) is 9.69. The van der Waals surface area contributed by atoms with Gasteiger partial charge < -0.3 is 14.7 Å². The van der Waals surface area contributed by atoms with Gasteiger partial charge in [-0.05, 0) is 13.8 Å². The Hall–Kier alpha value is -1.16. The van der Waals surface area contributed by atoms with Crippen molar-refractivity contribution in [1.82, 2.24) is 20.4 Å². The minimum absolute atomic E-state index is 0. The average Bonchev–Trinajstić information content (AvgIpc) is 3.06. The van der Waals surface area contributed by atoms with Crippen LogP contribution in [-0.2, 0) is 13.1 Å². The minimum Gasteiger partial charge on any atom is -0.364 e. The van der Waals surface area contributed by atoms with Gasteiger partial charge in [0.15, 0.2) is 5.96 Å². The zero-order valence-electron chi connectivity index (χ0n) is 12.4. The van der Waals surface area contributed by atoms with Gasteiger partial charge in [-0.25, -0.2) is 9.98 Å². The molecule has 6 nitrogen and oxygen atoms in total. The molecule has 0 amide bonds. The first-order valence-corrected chi connectivity index (χ1v) is 7.36. The van der Waals surface area contributed by atoms with Crippen molar-refractivity contribution in [3.8, 4) is 0 Å². The molecule has 0 saturated heterocycles. The van der Waals surface area contributed by atoms with Crippen molar-refractivity contribution >= 4 is 41.3 Å². The molecule has 8 heteroatoms. The molecule has 2 aromatic heterocycles. The Morgan fingerprint density at radius 1 is 1.48 bits per heavy atom. The number of aliphatic imine (C=N–C) groups is 1. The Labute approximate surface area is 145 Å². The van der Waals surface area contributed by atoms with Crippen molar-refractivity contribution in [3.63, 3.8) is 0 Å². The summed E-state index contributed by atoms with van der Waals surface area (Å²) in [5.41, 5.74) is 1.88. The van der Waals surface area contributed by atoms with Gasteiger partial charge in [-0.15, -0.1) is 35.3 Å². The van der Waals surface area contributed by atoms with E-state index in [9.17, 15) is 0 Å². The molecule has 0 aliphatic rings. The SMILES string of the molecule is CCNC(=NCc1ccon1)N(C)Cc1csc(C)n1.I. The fourth-order valence-corrected chi connectivity index (χ4v) is 2.35. The van der Waals surface area contributed by atoms with Gasteiger partial charge >= 0.3 is 0 Å². The molecule has 0 radical (unpaired) electrons. The summed E-state index contributed by atoms with van der Waals surface area (Å²) in [5.74, 6) is 0.834. The number of aromatic nitrogens is 2. The van der Waals surface area contributed by atoms with Crippen LogP contribution in [0.25, 0.3) is 0 Å². The highest BCUT2D eigenvalue weighted by molar-refractivity contribution is 14.0. The third-order valence-electron chi connectivity index (χ3n) is 2.64. The zero-order valence-corrected chi connectivity index (χ0v) is 15.5. The minimum atomic E-state index is 0. The second-order valence-corrected chi connectivity index (χ2v) is 5.44. The zero-order chi connectivity index (χ0) is 14.4. The van der Waals surface area contributed by atoms with E-state index in [1.807, 2.05) is 27.0 Å². The largest absolute Gasteiger partial charge is 0.364 e. The summed E-state index contributed by atoms with van der Waals surface area (Å²) >= 11 is 1.66. The van der Waals surface area contributed by atoms with E-state index >= 15 is 0 Å². The van der Waals surface area contributed by atoms with E-state index in [2.05, 4.69) is 30.7 Å². The van der Waals surface area contributed by atoms with Crippen LogP contribution in [0.4, 0.5) is 0 Å². The number of guanidine groups is 1. The summed E-state index contributed by atoms with van der Waals surface area (Å²) in [7, 11) is 2.00. The van der Waals surface area contributed by atoms with Gasteiger partial charge in [-0.3, -0.25) is 0 Å². The van der Waals surface area contributed by atoms with Crippen LogP contribution in [0.5, 0.6) is 0 Å². The van der Waals surface area contributed by atoms with E-state index < -0.39 is 0 Å². The van der Waals surface area contributed by atoms with E-state index in [1.165, 1.54) is 0 Å². The molecule has 0 unspecified atom stereocenters. The number of halogens is 1. The van der Waals surface area contributed by atoms with Crippen LogP contribution in [0.2, 0.25) is 0 Å². The maximum atomic E-state index is 4.80. The Bertz CT molecular complexity index is 555. The summed E-state index contributed by atoms with van der Waals surface area (Å²) in [6, 6.07) is 1.82. The predicted molar refractivity (Wildman–Crippen MR) is 95.1 cm³/mol. The molecule has 0 fully saturated rings. The third kappa shape index (κ3) is 5.62. The highest BCUT2D eigenvalue weighted by atomic mass is 127. The molecule has 0 saturated carbocycles. The van der Waals surface area contributed by atoms with Crippen molar-refractivity contribution in [2.75, 3.05) is 13.6 Å². The van der Waals surface area contributed by atoms with E-state index in [0.29, 0.717) is 6.54 Å². The average molecular weight is 421 g/mol. The lowest BCUT2D eigenvalue weighted by Crippen LogP contribution is -2.38. The quantitative estimate of drug-likeness (QED) is 0.457. The number of rotatable bonds is 5. The maximum Gasteiger partial charge on any atom is 0.194 e. The van der Waals surface area contributed by atoms with Gasteiger partial charge in [0.05, 0.1) is 23.8 Å². The number of hydrogen-bond acceptors (Lipinski definition) is 5. The summed E-state index contributed by atoms with van der Waals surface area (Å²) in [4.78, 5) is 11.1. The molecule has 0 bridgehead atoms. The standard InChI is InChI=1S/C13H19N5OS.HI/c1-4-14-13(15-7-11-5-6-19-17-11)18(3)8-12-9-20-10(2)16-12;/h5-6,9H,4,7-8H2,1-3H3,(H,14,15);1H. The van der Waals surface area contributed by atoms with Crippen LogP contribution in [0.1, 0.15) is 23.3 Å². The lowest BCUT2D eigenvalue weighted by atomic mass is 10.4. The first kappa shape index (κ1) is 17.9. The van der Waals surface area contributed by atoms with Gasteiger partial charge in [-0.1, -0.05) is 5.16 Å². The smallest absolute Gasteiger partial charge is 0.194 e. The number of nitrogens with zero attached hydrogens (tertiary/aromatic N) is 4. The molecular formula is C13H20IN5OS. The van der Waals surface area contributed by atoms with E-state index in [4.69, 9.17) is 4.52 Å². The molecule has 0 spiro atoms. The maximum absolute atomic E-state index is 4.80. The molecular weight excluding hydrogens is 401 g/mol. The van der Waals surface area contributed by atoms with Crippen molar-refractivity contribution < 1.29 is 4.52 Å². The van der Waals surface area contributed by atoms with Crippen LogP contribution in [0.3, 0.4) is 0 Å². The second kappa shape index (κ2) is 8.98. The van der Waals surface area contributed by atoms with Crippen LogP contribution < -0.4 is 5.32 Å². The Kier molecular flexibility index (Phi) is 7.65. The van der Waals surface area contributed by atoms with Gasteiger partial charge in [0.2, 0.25) is 0 Å². The lowest BCUT2D eigenvalue weighted by molar-refractivity contribution is 0.411. The molecule has 116 valence electrons. The molecule has 2 rings (SSSR count). The van der Waals surface area contributed by atoms with E-state index in [1.54, 1.807) is 17.6 Å². The van der Waals surface area contributed by atoms with Crippen molar-refractivity contribution in [1.29, 1.82) is 0 Å². The van der Waals surface area contributed by atoms with Gasteiger partial charge in [-0.2, -0.15) is 0 Å². The highest BCUT2D eigenvalue weighted by Crippen LogP contribution is 2.10. The molecule has 2 heterocycles. The number of nitrogens with one attached hydrogen (secondary N) is 1. The summed E-state index contributed by atoms with van der Waals surface area (Å²) in [6.07, 6.45) is 1.56. The number of hydrogen-bond donors (Lipinski definition) is 1. The van der Waals surface area contributed by atoms with Gasteiger partial charge in [0.1, 0.15) is 12.0 Å². The molecule has 1 N–H and O–H groups in total. The fourth-order valence-electron chi connectivity index (χ4n) is 1.74. The predicted octanol–water partition coefficient (Wildman–Crippen LogP) is 2.66. The van der Waals surface area contributed by atoms with Crippen LogP contribution in [0, 0.1) is 6.92 Å². The van der Waals surface area contributed by atoms with Crippen LogP contribution in [-0.4, -0.2) is 34.6 Å². The normalized spacial score (nSPS) is 11.1. The molecule has 21 heavy (non-hydrogen) atoms. The van der Waals surface area contributed by atoms with Crippen molar-refractivity contribution in [2.24, 2.45) is 4.99 Å². The Balaban J connectivity index is 0.00000220.